The molecule has 174 valence electrons. The van der Waals surface area contributed by atoms with E-state index < -0.39 is 24.1 Å². The molecule has 0 aliphatic rings. The molecule has 0 saturated heterocycles. The fourth-order valence-electron chi connectivity index (χ4n) is 3.17. The first-order valence-corrected chi connectivity index (χ1v) is 10.4. The van der Waals surface area contributed by atoms with E-state index in [1.807, 2.05) is 0 Å². The van der Waals surface area contributed by atoms with Gasteiger partial charge in [-0.3, -0.25) is 0 Å². The smallest absolute Gasteiger partial charge is 0.337 e. The van der Waals surface area contributed by atoms with Gasteiger partial charge in [-0.1, -0.05) is 24.3 Å². The first-order valence-electron chi connectivity index (χ1n) is 10.4. The lowest BCUT2D eigenvalue weighted by Gasteiger charge is -2.12. The molecule has 0 radical (unpaired) electrons. The lowest BCUT2D eigenvalue weighted by atomic mass is 10.1. The Balaban J connectivity index is 1.59. The summed E-state index contributed by atoms with van der Waals surface area (Å²) in [7, 11) is 2.73. The first-order chi connectivity index (χ1) is 15.5. The summed E-state index contributed by atoms with van der Waals surface area (Å²) in [4.78, 5) is 22.2. The van der Waals surface area contributed by atoms with Gasteiger partial charge in [0.25, 0.3) is 0 Å². The summed E-state index contributed by atoms with van der Waals surface area (Å²) in [5.41, 5.74) is 1.14. The molecular weight excluding hydrogens is 416 g/mol. The molecule has 0 amide bonds. The molecule has 2 unspecified atom stereocenters. The largest absolute Gasteiger partial charge is 0.494 e. The third-order valence-corrected chi connectivity index (χ3v) is 4.86. The predicted octanol–water partition coefficient (Wildman–Crippen LogP) is 4.25. The molecule has 0 heterocycles. The Hall–Kier alpha value is -3.10. The number of carbonyl (C=O) groups is 2. The molecular formula is C24H30O8. The molecule has 0 aromatic heterocycles. The average molecular weight is 446 g/mol. The second kappa shape index (κ2) is 13.3. The van der Waals surface area contributed by atoms with Crippen LogP contribution in [0.25, 0.3) is 0 Å². The van der Waals surface area contributed by atoms with Crippen molar-refractivity contribution in [3.8, 4) is 11.5 Å². The molecule has 0 saturated carbocycles. The van der Waals surface area contributed by atoms with Gasteiger partial charge in [0.05, 0.1) is 13.2 Å². The normalized spacial score (nSPS) is 12.7. The SMILES string of the molecule is COC(C(=O)O)c1ccc(OCCCCCCOc2ccc(C(OC)C(=O)O)cc2)cc1. The Morgan fingerprint density at radius 2 is 1.00 bits per heavy atom. The van der Waals surface area contributed by atoms with E-state index in [-0.39, 0.29) is 0 Å². The van der Waals surface area contributed by atoms with E-state index in [1.54, 1.807) is 48.5 Å². The van der Waals surface area contributed by atoms with E-state index in [0.29, 0.717) is 35.8 Å². The van der Waals surface area contributed by atoms with Gasteiger partial charge < -0.3 is 29.2 Å². The van der Waals surface area contributed by atoms with E-state index in [1.165, 1.54) is 14.2 Å². The minimum absolute atomic E-state index is 0.572. The van der Waals surface area contributed by atoms with Gasteiger partial charge in [-0.05, 0) is 61.1 Å². The highest BCUT2D eigenvalue weighted by Crippen LogP contribution is 2.22. The van der Waals surface area contributed by atoms with Crippen molar-refractivity contribution in [2.24, 2.45) is 0 Å². The minimum Gasteiger partial charge on any atom is -0.494 e. The summed E-state index contributed by atoms with van der Waals surface area (Å²) >= 11 is 0. The number of rotatable bonds is 15. The first kappa shape index (κ1) is 25.2. The van der Waals surface area contributed by atoms with Gasteiger partial charge in [0, 0.05) is 14.2 Å². The molecule has 2 rings (SSSR count). The summed E-state index contributed by atoms with van der Waals surface area (Å²) < 4.78 is 21.3. The van der Waals surface area contributed by atoms with Crippen molar-refractivity contribution in [2.45, 2.75) is 37.9 Å². The molecule has 0 bridgehead atoms. The fraction of sp³-hybridized carbons (Fsp3) is 0.417. The van der Waals surface area contributed by atoms with Gasteiger partial charge >= 0.3 is 11.9 Å². The number of ether oxygens (including phenoxy) is 4. The van der Waals surface area contributed by atoms with Crippen molar-refractivity contribution in [3.63, 3.8) is 0 Å². The molecule has 2 N–H and O–H groups in total. The predicted molar refractivity (Wildman–Crippen MR) is 117 cm³/mol. The van der Waals surface area contributed by atoms with Crippen molar-refractivity contribution in [3.05, 3.63) is 59.7 Å². The van der Waals surface area contributed by atoms with Crippen LogP contribution in [0.2, 0.25) is 0 Å². The second-order valence-electron chi connectivity index (χ2n) is 7.16. The summed E-state index contributed by atoms with van der Waals surface area (Å²) in [6.07, 6.45) is 1.85. The quantitative estimate of drug-likeness (QED) is 0.391. The molecule has 0 spiro atoms. The maximum Gasteiger partial charge on any atom is 0.337 e. The van der Waals surface area contributed by atoms with Crippen LogP contribution in [0, 0.1) is 0 Å². The fourth-order valence-corrected chi connectivity index (χ4v) is 3.17. The van der Waals surface area contributed by atoms with Gasteiger partial charge in [0.15, 0.2) is 12.2 Å². The maximum absolute atomic E-state index is 11.1. The Labute approximate surface area is 187 Å². The zero-order valence-corrected chi connectivity index (χ0v) is 18.4. The summed E-state index contributed by atoms with van der Waals surface area (Å²) in [6.45, 7) is 1.16. The molecule has 32 heavy (non-hydrogen) atoms. The van der Waals surface area contributed by atoms with E-state index in [2.05, 4.69) is 0 Å². The van der Waals surface area contributed by atoms with Crippen molar-refractivity contribution < 1.29 is 38.7 Å². The van der Waals surface area contributed by atoms with Crippen molar-refractivity contribution in [2.75, 3.05) is 27.4 Å². The highest BCUT2D eigenvalue weighted by atomic mass is 16.5. The molecule has 0 fully saturated rings. The lowest BCUT2D eigenvalue weighted by Crippen LogP contribution is -2.13. The number of hydrogen-bond acceptors (Lipinski definition) is 6. The maximum atomic E-state index is 11.1. The molecule has 0 aliphatic heterocycles. The Bertz CT molecular complexity index is 761. The average Bonchev–Trinajstić information content (AvgIpc) is 2.78. The summed E-state index contributed by atoms with van der Waals surface area (Å²) in [5.74, 6) is -0.668. The molecule has 2 aromatic carbocycles. The van der Waals surface area contributed by atoms with Crippen LogP contribution in [0.4, 0.5) is 0 Å². The van der Waals surface area contributed by atoms with Crippen LogP contribution in [0.3, 0.4) is 0 Å². The third-order valence-electron chi connectivity index (χ3n) is 4.86. The van der Waals surface area contributed by atoms with Crippen LogP contribution < -0.4 is 9.47 Å². The van der Waals surface area contributed by atoms with Crippen LogP contribution in [0.5, 0.6) is 11.5 Å². The standard InChI is InChI=1S/C24H30O8/c1-29-21(23(25)26)17-7-11-19(12-8-17)31-15-5-3-4-6-16-32-20-13-9-18(10-14-20)22(30-2)24(27)28/h7-14,21-22H,3-6,15-16H2,1-2H3,(H,25,26)(H,27,28). The summed E-state index contributed by atoms with van der Waals surface area (Å²) in [5, 5.41) is 18.2. The van der Waals surface area contributed by atoms with Gasteiger partial charge in [-0.2, -0.15) is 0 Å². The third kappa shape index (κ3) is 7.86. The highest BCUT2D eigenvalue weighted by Gasteiger charge is 2.19. The molecule has 2 aromatic rings. The van der Waals surface area contributed by atoms with E-state index in [9.17, 15) is 9.59 Å². The molecule has 8 nitrogen and oxygen atoms in total. The number of methoxy groups -OCH3 is 2. The lowest BCUT2D eigenvalue weighted by molar-refractivity contribution is -0.149. The van der Waals surface area contributed by atoms with Crippen molar-refractivity contribution >= 4 is 11.9 Å². The van der Waals surface area contributed by atoms with E-state index >= 15 is 0 Å². The molecule has 0 aliphatic carbocycles. The van der Waals surface area contributed by atoms with Gasteiger partial charge in [-0.15, -0.1) is 0 Å². The Kier molecular flexibility index (Phi) is 10.5. The van der Waals surface area contributed by atoms with Gasteiger partial charge in [0.1, 0.15) is 11.5 Å². The Morgan fingerprint density at radius 3 is 1.28 bits per heavy atom. The van der Waals surface area contributed by atoms with Crippen molar-refractivity contribution in [1.82, 2.24) is 0 Å². The monoisotopic (exact) mass is 446 g/mol. The van der Waals surface area contributed by atoms with Crippen LogP contribution in [-0.2, 0) is 19.1 Å². The van der Waals surface area contributed by atoms with E-state index in [4.69, 9.17) is 29.2 Å². The molecule has 8 heteroatoms. The van der Waals surface area contributed by atoms with Gasteiger partial charge in [-0.25, -0.2) is 9.59 Å². The van der Waals surface area contributed by atoms with Crippen molar-refractivity contribution in [1.29, 1.82) is 0 Å². The van der Waals surface area contributed by atoms with Crippen LogP contribution in [-0.4, -0.2) is 49.6 Å². The molecule has 2 atom stereocenters. The zero-order valence-electron chi connectivity index (χ0n) is 18.4. The number of hydrogen-bond donors (Lipinski definition) is 2. The highest BCUT2D eigenvalue weighted by molar-refractivity contribution is 5.74. The summed E-state index contributed by atoms with van der Waals surface area (Å²) in [6, 6.07) is 13.8. The number of carboxylic acids is 2. The van der Waals surface area contributed by atoms with E-state index in [0.717, 1.165) is 25.7 Å². The van der Waals surface area contributed by atoms with Crippen LogP contribution in [0.1, 0.15) is 49.0 Å². The van der Waals surface area contributed by atoms with Crippen LogP contribution >= 0.6 is 0 Å². The second-order valence-corrected chi connectivity index (χ2v) is 7.16. The number of aliphatic carboxylic acids is 2. The van der Waals surface area contributed by atoms with Gasteiger partial charge in [0.2, 0.25) is 0 Å². The topological polar surface area (TPSA) is 112 Å². The van der Waals surface area contributed by atoms with Crippen LogP contribution in [0.15, 0.2) is 48.5 Å². The number of unbranched alkanes of at least 4 members (excludes halogenated alkanes) is 3. The Morgan fingerprint density at radius 1 is 0.656 bits per heavy atom. The number of benzene rings is 2. The number of carboxylic acid groups (broad SMARTS) is 2. The minimum atomic E-state index is -1.03. The zero-order chi connectivity index (χ0) is 23.3.